The van der Waals surface area contributed by atoms with Crippen molar-refractivity contribution in [2.24, 2.45) is 0 Å². The first kappa shape index (κ1) is 67.2. The van der Waals surface area contributed by atoms with E-state index in [9.17, 15) is 28.9 Å². The Morgan fingerprint density at radius 3 is 1.20 bits per heavy atom. The molecule has 0 rings (SSSR count). The maximum atomic E-state index is 12.9. The van der Waals surface area contributed by atoms with E-state index in [1.54, 1.807) is 0 Å². The minimum absolute atomic E-state index is 0.145. The topological polar surface area (TPSA) is 155 Å². The van der Waals surface area contributed by atoms with Crippen LogP contribution >= 0.6 is 7.82 Å². The van der Waals surface area contributed by atoms with Crippen LogP contribution in [-0.4, -0.2) is 66.5 Å². The summed E-state index contributed by atoms with van der Waals surface area (Å²) in [6.45, 7) is 4.45. The molecule has 0 radical (unpaired) electrons. The number of allylic oxidation sites excluding steroid dienone is 10. The fourth-order valence-corrected chi connectivity index (χ4v) is 8.43. The Morgan fingerprint density at radius 2 is 0.771 bits per heavy atom. The number of carbonyl (C=O) groups is 3. The number of phosphoric acid groups is 1. The van der Waals surface area contributed by atoms with E-state index in [1.165, 1.54) is 77.0 Å². The molecule has 0 fully saturated rings. The van der Waals surface area contributed by atoms with Crippen LogP contribution in [0.4, 0.5) is 0 Å². The van der Waals surface area contributed by atoms with Crippen molar-refractivity contribution in [3.05, 3.63) is 60.8 Å². The summed E-state index contributed by atoms with van der Waals surface area (Å²) < 4.78 is 39.5. The second-order valence-electron chi connectivity index (χ2n) is 18.7. The first-order valence-electron chi connectivity index (χ1n) is 28.2. The van der Waals surface area contributed by atoms with Gasteiger partial charge in [0.15, 0.2) is 6.10 Å². The summed E-state index contributed by atoms with van der Waals surface area (Å²) in [5.74, 6) is -1.49. The first-order chi connectivity index (χ1) is 34.2. The number of hydrogen-bond acceptors (Lipinski definition) is 10. The monoisotopic (exact) mass is 1010 g/mol. The van der Waals surface area contributed by atoms with E-state index < -0.39 is 57.8 Å². The molecule has 0 saturated carbocycles. The van der Waals surface area contributed by atoms with Crippen molar-refractivity contribution in [1.82, 2.24) is 0 Å². The van der Waals surface area contributed by atoms with Gasteiger partial charge >= 0.3 is 25.7 Å². The Morgan fingerprint density at radius 1 is 0.414 bits per heavy atom. The number of hydrogen-bond donors (Lipinski definition) is 2. The number of carbonyl (C=O) groups excluding carboxylic acids is 3. The maximum absolute atomic E-state index is 12.9. The second-order valence-corrected chi connectivity index (χ2v) is 20.2. The molecule has 0 amide bonds. The summed E-state index contributed by atoms with van der Waals surface area (Å²) in [6, 6.07) is 0. The van der Waals surface area contributed by atoms with Crippen molar-refractivity contribution in [3.63, 3.8) is 0 Å². The van der Waals surface area contributed by atoms with Crippen LogP contribution in [0.3, 0.4) is 0 Å². The third kappa shape index (κ3) is 50.1. The molecular formula is C58H103O11P. The van der Waals surface area contributed by atoms with Gasteiger partial charge in [-0.15, -0.1) is 0 Å². The zero-order chi connectivity index (χ0) is 51.3. The molecule has 0 heterocycles. The van der Waals surface area contributed by atoms with Gasteiger partial charge in [0, 0.05) is 19.3 Å². The van der Waals surface area contributed by atoms with Crippen LogP contribution in [0.15, 0.2) is 60.8 Å². The summed E-state index contributed by atoms with van der Waals surface area (Å²) in [6.07, 6.45) is 56.1. The number of esters is 3. The van der Waals surface area contributed by atoms with Crippen LogP contribution in [-0.2, 0) is 42.2 Å². The molecule has 0 saturated heterocycles. The van der Waals surface area contributed by atoms with Gasteiger partial charge in [0.05, 0.1) is 19.8 Å². The Hall–Kier alpha value is -2.82. The lowest BCUT2D eigenvalue weighted by Crippen LogP contribution is -2.30. The van der Waals surface area contributed by atoms with Crippen molar-refractivity contribution >= 4 is 25.7 Å². The van der Waals surface area contributed by atoms with E-state index >= 15 is 0 Å². The van der Waals surface area contributed by atoms with Gasteiger partial charge in [-0.25, -0.2) is 4.57 Å². The lowest BCUT2D eigenvalue weighted by molar-refractivity contribution is -0.161. The van der Waals surface area contributed by atoms with Gasteiger partial charge in [-0.3, -0.25) is 23.4 Å². The molecule has 0 spiro atoms. The minimum atomic E-state index is -4.75. The average molecular weight is 1010 g/mol. The van der Waals surface area contributed by atoms with Crippen LogP contribution in [0.2, 0.25) is 0 Å². The van der Waals surface area contributed by atoms with E-state index in [1.807, 2.05) is 0 Å². The third-order valence-corrected chi connectivity index (χ3v) is 12.9. The molecule has 3 unspecified atom stereocenters. The van der Waals surface area contributed by atoms with Gasteiger partial charge in [-0.2, -0.15) is 0 Å². The van der Waals surface area contributed by atoms with Crippen molar-refractivity contribution in [2.45, 2.75) is 264 Å². The Kier molecular flexibility index (Phi) is 50.4. The number of aliphatic hydroxyl groups is 1. The zero-order valence-corrected chi connectivity index (χ0v) is 45.6. The molecule has 0 aromatic carbocycles. The number of unbranched alkanes of at least 4 members (excludes halogenated alkanes) is 25. The molecule has 0 aliphatic heterocycles. The third-order valence-electron chi connectivity index (χ3n) is 11.9. The molecular weight excluding hydrogens is 904 g/mol. The van der Waals surface area contributed by atoms with Gasteiger partial charge < -0.3 is 24.2 Å². The first-order valence-corrected chi connectivity index (χ1v) is 29.7. The molecule has 3 atom stereocenters. The highest BCUT2D eigenvalue weighted by Gasteiger charge is 2.28. The van der Waals surface area contributed by atoms with E-state index in [0.29, 0.717) is 19.3 Å². The molecule has 2 N–H and O–H groups in total. The Balaban J connectivity index is 4.73. The van der Waals surface area contributed by atoms with Gasteiger partial charge in [0.2, 0.25) is 0 Å². The standard InChI is InChI=1S/C58H103O11P/c1-4-7-10-13-16-19-22-25-27-30-33-36-39-42-45-48-57(61)68-54(50-59)52-66-70(63,64)67-53-55(51-65-56(60)47-44-41-38-35-32-29-24-21-18-15-12-9-6-3)69-58(62)49-46-43-40-37-34-31-28-26-23-20-17-14-11-8-5-2/h8,11-12,15,17,20-21,24,26,28,54-55,59H,4-7,9-10,13-14,16,18-19,22-23,25,27,29-53H2,1-3H3,(H,63,64)/b11-8-,15-12-,20-17-,24-21-,28-26-. The number of phosphoric ester groups is 1. The van der Waals surface area contributed by atoms with E-state index in [-0.39, 0.29) is 25.9 Å². The number of rotatable bonds is 52. The Bertz CT molecular complexity index is 1410. The smallest absolute Gasteiger partial charge is 0.462 e. The quantitative estimate of drug-likeness (QED) is 0.0197. The van der Waals surface area contributed by atoms with Gasteiger partial charge in [0.1, 0.15) is 12.7 Å². The van der Waals surface area contributed by atoms with E-state index in [2.05, 4.69) is 81.5 Å². The fourth-order valence-electron chi connectivity index (χ4n) is 7.64. The number of ether oxygens (including phenoxy) is 3. The summed E-state index contributed by atoms with van der Waals surface area (Å²) in [4.78, 5) is 48.5. The summed E-state index contributed by atoms with van der Waals surface area (Å²) in [7, 11) is -4.75. The summed E-state index contributed by atoms with van der Waals surface area (Å²) in [5.41, 5.74) is 0. The van der Waals surface area contributed by atoms with Gasteiger partial charge in [-0.05, 0) is 77.0 Å². The van der Waals surface area contributed by atoms with Crippen LogP contribution in [0.5, 0.6) is 0 Å². The molecule has 0 aromatic heterocycles. The molecule has 0 aliphatic rings. The van der Waals surface area contributed by atoms with Crippen molar-refractivity contribution in [2.75, 3.05) is 26.4 Å². The van der Waals surface area contributed by atoms with Crippen LogP contribution in [0.25, 0.3) is 0 Å². The van der Waals surface area contributed by atoms with Crippen molar-refractivity contribution in [1.29, 1.82) is 0 Å². The van der Waals surface area contributed by atoms with E-state index in [4.69, 9.17) is 23.3 Å². The highest BCUT2D eigenvalue weighted by Crippen LogP contribution is 2.43. The predicted molar refractivity (Wildman–Crippen MR) is 288 cm³/mol. The zero-order valence-electron chi connectivity index (χ0n) is 44.7. The minimum Gasteiger partial charge on any atom is -0.462 e. The highest BCUT2D eigenvalue weighted by molar-refractivity contribution is 7.47. The predicted octanol–water partition coefficient (Wildman–Crippen LogP) is 16.4. The molecule has 12 heteroatoms. The molecule has 0 aromatic rings. The maximum Gasteiger partial charge on any atom is 0.472 e. The van der Waals surface area contributed by atoms with Crippen LogP contribution in [0, 0.1) is 0 Å². The fraction of sp³-hybridized carbons (Fsp3) is 0.776. The SMILES string of the molecule is CC/C=C\C/C=C\C/C=C\CCCCCCCC(=O)OC(COC(=O)CCCCCCC/C=C\C/C=C\CCC)COP(=O)(O)OCC(CO)OC(=O)CCCCCCCCCCCCCCCCC. The van der Waals surface area contributed by atoms with Gasteiger partial charge in [0.25, 0.3) is 0 Å². The molecule has 70 heavy (non-hydrogen) atoms. The van der Waals surface area contributed by atoms with Crippen LogP contribution < -0.4 is 0 Å². The molecule has 406 valence electrons. The summed E-state index contributed by atoms with van der Waals surface area (Å²) >= 11 is 0. The normalized spacial score (nSPS) is 13.8. The molecule has 0 aliphatic carbocycles. The summed E-state index contributed by atoms with van der Waals surface area (Å²) in [5, 5.41) is 9.81. The average Bonchev–Trinajstić information content (AvgIpc) is 3.35. The van der Waals surface area contributed by atoms with Crippen molar-refractivity contribution < 1.29 is 52.2 Å². The van der Waals surface area contributed by atoms with Gasteiger partial charge in [-0.1, -0.05) is 216 Å². The van der Waals surface area contributed by atoms with Crippen LogP contribution in [0.1, 0.15) is 252 Å². The second kappa shape index (κ2) is 52.5. The lowest BCUT2D eigenvalue weighted by atomic mass is 10.0. The lowest BCUT2D eigenvalue weighted by Gasteiger charge is -2.21. The number of aliphatic hydroxyl groups excluding tert-OH is 1. The highest BCUT2D eigenvalue weighted by atomic mass is 31.2. The molecule has 0 bridgehead atoms. The largest absolute Gasteiger partial charge is 0.472 e. The molecule has 11 nitrogen and oxygen atoms in total. The van der Waals surface area contributed by atoms with Crippen molar-refractivity contribution in [3.8, 4) is 0 Å². The van der Waals surface area contributed by atoms with E-state index in [0.717, 1.165) is 116 Å². The Labute approximate surface area is 427 Å².